The van der Waals surface area contributed by atoms with E-state index in [1.807, 2.05) is 6.26 Å². The first-order valence-electron chi connectivity index (χ1n) is 7.01. The summed E-state index contributed by atoms with van der Waals surface area (Å²) in [6.07, 6.45) is 1.88. The standard InChI is InChI=1S/C16H17FN2O3S2/c1-18-16(20)11-19(13-5-3-4-12(17)10-13)24(21,22)15-8-6-14(23-2)7-9-15/h3-10H,11H2,1-2H3,(H,18,20). The predicted octanol–water partition coefficient (Wildman–Crippen LogP) is 2.49. The van der Waals surface area contributed by atoms with Crippen molar-refractivity contribution < 1.29 is 17.6 Å². The number of thioether (sulfide) groups is 1. The Balaban J connectivity index is 2.49. The molecule has 2 rings (SSSR count). The summed E-state index contributed by atoms with van der Waals surface area (Å²) < 4.78 is 40.2. The van der Waals surface area contributed by atoms with Crippen LogP contribution >= 0.6 is 11.8 Å². The minimum Gasteiger partial charge on any atom is -0.358 e. The molecule has 0 fully saturated rings. The molecule has 0 spiro atoms. The highest BCUT2D eigenvalue weighted by Crippen LogP contribution is 2.25. The first kappa shape index (κ1) is 18.3. The van der Waals surface area contributed by atoms with E-state index in [1.54, 1.807) is 12.1 Å². The second kappa shape index (κ2) is 7.67. The zero-order valence-corrected chi connectivity index (χ0v) is 14.8. The lowest BCUT2D eigenvalue weighted by atomic mass is 10.3. The largest absolute Gasteiger partial charge is 0.358 e. The number of nitrogens with one attached hydrogen (secondary N) is 1. The van der Waals surface area contributed by atoms with E-state index in [2.05, 4.69) is 5.32 Å². The molecule has 0 saturated heterocycles. The Labute approximate surface area is 144 Å². The van der Waals surface area contributed by atoms with Gasteiger partial charge in [-0.3, -0.25) is 9.10 Å². The molecule has 0 aliphatic carbocycles. The summed E-state index contributed by atoms with van der Waals surface area (Å²) >= 11 is 1.49. The SMILES string of the molecule is CNC(=O)CN(c1cccc(F)c1)S(=O)(=O)c1ccc(SC)cc1. The summed E-state index contributed by atoms with van der Waals surface area (Å²) in [5, 5.41) is 2.38. The van der Waals surface area contributed by atoms with Crippen LogP contribution < -0.4 is 9.62 Å². The minimum absolute atomic E-state index is 0.0356. The van der Waals surface area contributed by atoms with Crippen LogP contribution in [0.5, 0.6) is 0 Å². The van der Waals surface area contributed by atoms with Gasteiger partial charge in [0.1, 0.15) is 12.4 Å². The van der Waals surface area contributed by atoms with Gasteiger partial charge in [-0.05, 0) is 48.7 Å². The predicted molar refractivity (Wildman–Crippen MR) is 93.2 cm³/mol. The molecule has 0 bridgehead atoms. The maximum Gasteiger partial charge on any atom is 0.264 e. The van der Waals surface area contributed by atoms with Gasteiger partial charge in [-0.15, -0.1) is 11.8 Å². The molecule has 1 N–H and O–H groups in total. The van der Waals surface area contributed by atoms with Crippen LogP contribution in [0.2, 0.25) is 0 Å². The average molecular weight is 368 g/mol. The molecule has 2 aromatic carbocycles. The molecule has 128 valence electrons. The Morgan fingerprint density at radius 2 is 1.88 bits per heavy atom. The Bertz CT molecular complexity index is 823. The highest BCUT2D eigenvalue weighted by Gasteiger charge is 2.27. The number of carbonyl (C=O) groups is 1. The quantitative estimate of drug-likeness (QED) is 0.796. The lowest BCUT2D eigenvalue weighted by molar-refractivity contribution is -0.119. The third-order valence-electron chi connectivity index (χ3n) is 3.31. The lowest BCUT2D eigenvalue weighted by Gasteiger charge is -2.23. The van der Waals surface area contributed by atoms with Crippen LogP contribution in [0.1, 0.15) is 0 Å². The van der Waals surface area contributed by atoms with Gasteiger partial charge in [0.05, 0.1) is 10.6 Å². The van der Waals surface area contributed by atoms with E-state index >= 15 is 0 Å². The minimum atomic E-state index is -4.00. The summed E-state index contributed by atoms with van der Waals surface area (Å²) in [7, 11) is -2.60. The van der Waals surface area contributed by atoms with Gasteiger partial charge in [-0.25, -0.2) is 12.8 Å². The normalized spacial score (nSPS) is 11.1. The van der Waals surface area contributed by atoms with E-state index in [0.717, 1.165) is 15.3 Å². The molecule has 0 unspecified atom stereocenters. The summed E-state index contributed by atoms with van der Waals surface area (Å²) in [4.78, 5) is 12.7. The lowest BCUT2D eigenvalue weighted by Crippen LogP contribution is -2.39. The van der Waals surface area contributed by atoms with Crippen molar-refractivity contribution in [2.45, 2.75) is 9.79 Å². The van der Waals surface area contributed by atoms with Gasteiger partial charge >= 0.3 is 0 Å². The van der Waals surface area contributed by atoms with Gasteiger partial charge in [0.2, 0.25) is 5.91 Å². The molecule has 0 aliphatic rings. The molecular formula is C16H17FN2O3S2. The van der Waals surface area contributed by atoms with Crippen LogP contribution in [-0.4, -0.2) is 34.2 Å². The molecule has 5 nitrogen and oxygen atoms in total. The number of hydrogen-bond donors (Lipinski definition) is 1. The molecule has 0 aliphatic heterocycles. The number of anilines is 1. The maximum absolute atomic E-state index is 13.5. The number of halogens is 1. The fraction of sp³-hybridized carbons (Fsp3) is 0.188. The van der Waals surface area contributed by atoms with Gasteiger partial charge in [-0.1, -0.05) is 6.07 Å². The van der Waals surface area contributed by atoms with Crippen LogP contribution in [0.4, 0.5) is 10.1 Å². The zero-order chi connectivity index (χ0) is 17.7. The Kier molecular flexibility index (Phi) is 5.84. The summed E-state index contributed by atoms with van der Waals surface area (Å²) in [5.74, 6) is -1.08. The summed E-state index contributed by atoms with van der Waals surface area (Å²) in [6, 6.07) is 11.4. The molecule has 0 heterocycles. The topological polar surface area (TPSA) is 66.5 Å². The Morgan fingerprint density at radius 3 is 2.42 bits per heavy atom. The van der Waals surface area contributed by atoms with E-state index in [9.17, 15) is 17.6 Å². The third-order valence-corrected chi connectivity index (χ3v) is 5.84. The molecule has 0 radical (unpaired) electrons. The van der Waals surface area contributed by atoms with E-state index in [0.29, 0.717) is 0 Å². The van der Waals surface area contributed by atoms with Gasteiger partial charge in [0.25, 0.3) is 10.0 Å². The number of sulfonamides is 1. The molecule has 0 saturated carbocycles. The van der Waals surface area contributed by atoms with Crippen molar-refractivity contribution in [1.82, 2.24) is 5.32 Å². The number of benzene rings is 2. The molecule has 0 atom stereocenters. The van der Waals surface area contributed by atoms with Crippen molar-refractivity contribution in [3.8, 4) is 0 Å². The van der Waals surface area contributed by atoms with Crippen LogP contribution in [0.3, 0.4) is 0 Å². The zero-order valence-electron chi connectivity index (χ0n) is 13.2. The van der Waals surface area contributed by atoms with Crippen LogP contribution in [0.25, 0.3) is 0 Å². The molecule has 2 aromatic rings. The second-order valence-corrected chi connectivity index (χ2v) is 7.58. The van der Waals surface area contributed by atoms with Gasteiger partial charge in [-0.2, -0.15) is 0 Å². The first-order chi connectivity index (χ1) is 11.4. The van der Waals surface area contributed by atoms with E-state index in [4.69, 9.17) is 0 Å². The smallest absolute Gasteiger partial charge is 0.264 e. The van der Waals surface area contributed by atoms with Gasteiger partial charge in [0.15, 0.2) is 0 Å². The van der Waals surface area contributed by atoms with E-state index in [-0.39, 0.29) is 10.6 Å². The van der Waals surface area contributed by atoms with Crippen molar-refractivity contribution in [2.24, 2.45) is 0 Å². The second-order valence-electron chi connectivity index (χ2n) is 4.84. The fourth-order valence-electron chi connectivity index (χ4n) is 2.03. The number of nitrogens with zero attached hydrogens (tertiary/aromatic N) is 1. The van der Waals surface area contributed by atoms with Crippen LogP contribution in [0, 0.1) is 5.82 Å². The Hall–Kier alpha value is -2.06. The van der Waals surface area contributed by atoms with Gasteiger partial charge < -0.3 is 5.32 Å². The molecular weight excluding hydrogens is 351 g/mol. The highest BCUT2D eigenvalue weighted by atomic mass is 32.2. The molecule has 1 amide bonds. The number of likely N-dealkylation sites (N-methyl/N-ethyl adjacent to an activating group) is 1. The van der Waals surface area contributed by atoms with Crippen LogP contribution in [-0.2, 0) is 14.8 Å². The van der Waals surface area contributed by atoms with Crippen molar-refractivity contribution in [2.75, 3.05) is 24.2 Å². The average Bonchev–Trinajstić information content (AvgIpc) is 2.59. The number of amides is 1. The molecule has 24 heavy (non-hydrogen) atoms. The maximum atomic E-state index is 13.5. The summed E-state index contributed by atoms with van der Waals surface area (Å²) in [5.41, 5.74) is 0.0903. The first-order valence-corrected chi connectivity index (χ1v) is 9.68. The molecule has 8 heteroatoms. The van der Waals surface area contributed by atoms with Crippen molar-refractivity contribution >= 4 is 33.4 Å². The monoisotopic (exact) mass is 368 g/mol. The third kappa shape index (κ3) is 4.07. The fourth-order valence-corrected chi connectivity index (χ4v) is 3.85. The van der Waals surface area contributed by atoms with Crippen LogP contribution in [0.15, 0.2) is 58.3 Å². The van der Waals surface area contributed by atoms with E-state index < -0.39 is 28.3 Å². The van der Waals surface area contributed by atoms with E-state index in [1.165, 1.54) is 49.1 Å². The highest BCUT2D eigenvalue weighted by molar-refractivity contribution is 7.98. The Morgan fingerprint density at radius 1 is 1.21 bits per heavy atom. The molecule has 0 aromatic heterocycles. The van der Waals surface area contributed by atoms with Crippen molar-refractivity contribution in [3.63, 3.8) is 0 Å². The van der Waals surface area contributed by atoms with Crippen molar-refractivity contribution in [1.29, 1.82) is 0 Å². The number of rotatable bonds is 6. The summed E-state index contributed by atoms with van der Waals surface area (Å²) in [6.45, 7) is -0.438. The number of hydrogen-bond acceptors (Lipinski definition) is 4. The number of carbonyl (C=O) groups excluding carboxylic acids is 1. The van der Waals surface area contributed by atoms with Crippen molar-refractivity contribution in [3.05, 3.63) is 54.3 Å². The van der Waals surface area contributed by atoms with Gasteiger partial charge in [0, 0.05) is 11.9 Å².